The minimum absolute atomic E-state index is 0.170. The normalized spacial score (nSPS) is 10.6. The fraction of sp³-hybridized carbons (Fsp3) is 0.176. The zero-order valence-electron chi connectivity index (χ0n) is 12.5. The number of para-hydroxylation sites is 1. The highest BCUT2D eigenvalue weighted by molar-refractivity contribution is 6.04. The number of hydrogen-bond acceptors (Lipinski definition) is 4. The van der Waals surface area contributed by atoms with Gasteiger partial charge in [0, 0.05) is 20.6 Å². The summed E-state index contributed by atoms with van der Waals surface area (Å²) in [5, 5.41) is 2.91. The number of hydrogen-bond donors (Lipinski definition) is 1. The zero-order chi connectivity index (χ0) is 15.5. The lowest BCUT2D eigenvalue weighted by molar-refractivity contribution is 0.0951. The molecule has 1 amide bonds. The Hall–Kier alpha value is -2.82. The van der Waals surface area contributed by atoms with Crippen LogP contribution in [0.2, 0.25) is 0 Å². The van der Waals surface area contributed by atoms with Gasteiger partial charge in [-0.3, -0.25) is 4.79 Å². The number of oxazole rings is 1. The third kappa shape index (κ3) is 2.79. The summed E-state index contributed by atoms with van der Waals surface area (Å²) in [6.07, 6.45) is 0. The van der Waals surface area contributed by atoms with E-state index < -0.39 is 0 Å². The van der Waals surface area contributed by atoms with E-state index in [-0.39, 0.29) is 5.91 Å². The second-order valence-corrected chi connectivity index (χ2v) is 5.21. The molecular formula is C17H17N3O2. The van der Waals surface area contributed by atoms with Gasteiger partial charge in [-0.1, -0.05) is 36.4 Å². The van der Waals surface area contributed by atoms with Crippen LogP contribution in [-0.2, 0) is 6.54 Å². The monoisotopic (exact) mass is 295 g/mol. The Labute approximate surface area is 128 Å². The van der Waals surface area contributed by atoms with Crippen molar-refractivity contribution in [3.05, 3.63) is 59.7 Å². The summed E-state index contributed by atoms with van der Waals surface area (Å²) in [5.74, 6) is -0.170. The van der Waals surface area contributed by atoms with Gasteiger partial charge in [0.2, 0.25) is 0 Å². The largest absolute Gasteiger partial charge is 0.423 e. The van der Waals surface area contributed by atoms with E-state index in [4.69, 9.17) is 4.42 Å². The van der Waals surface area contributed by atoms with Crippen LogP contribution in [-0.4, -0.2) is 25.0 Å². The number of fused-ring (bicyclic) bond motifs is 1. The fourth-order valence-corrected chi connectivity index (χ4v) is 2.18. The van der Waals surface area contributed by atoms with Gasteiger partial charge in [-0.05, 0) is 17.7 Å². The first kappa shape index (κ1) is 14.1. The van der Waals surface area contributed by atoms with Crippen LogP contribution in [0, 0.1) is 0 Å². The molecule has 0 aliphatic rings. The lowest BCUT2D eigenvalue weighted by Gasteiger charge is -2.06. The molecule has 0 radical (unpaired) electrons. The maximum absolute atomic E-state index is 12.4. The van der Waals surface area contributed by atoms with Crippen molar-refractivity contribution < 1.29 is 9.21 Å². The minimum atomic E-state index is -0.170. The molecule has 3 rings (SSSR count). The molecular weight excluding hydrogens is 278 g/mol. The van der Waals surface area contributed by atoms with Crippen molar-refractivity contribution in [2.45, 2.75) is 6.54 Å². The van der Waals surface area contributed by atoms with Gasteiger partial charge in [0.15, 0.2) is 5.58 Å². The Morgan fingerprint density at radius 3 is 2.64 bits per heavy atom. The average molecular weight is 295 g/mol. The van der Waals surface area contributed by atoms with Crippen molar-refractivity contribution in [1.29, 1.82) is 0 Å². The molecule has 2 aromatic carbocycles. The van der Waals surface area contributed by atoms with Gasteiger partial charge in [0.1, 0.15) is 5.52 Å². The number of benzene rings is 2. The predicted molar refractivity (Wildman–Crippen MR) is 85.9 cm³/mol. The molecule has 1 heterocycles. The van der Waals surface area contributed by atoms with Crippen molar-refractivity contribution in [1.82, 2.24) is 10.3 Å². The highest BCUT2D eigenvalue weighted by Gasteiger charge is 2.16. The lowest BCUT2D eigenvalue weighted by Crippen LogP contribution is -2.22. The summed E-state index contributed by atoms with van der Waals surface area (Å²) in [7, 11) is 3.69. The fourth-order valence-electron chi connectivity index (χ4n) is 2.18. The van der Waals surface area contributed by atoms with E-state index in [1.54, 1.807) is 11.0 Å². The maximum atomic E-state index is 12.4. The van der Waals surface area contributed by atoms with Crippen molar-refractivity contribution in [2.24, 2.45) is 0 Å². The van der Waals surface area contributed by atoms with E-state index in [9.17, 15) is 4.79 Å². The SMILES string of the molecule is CN(C)c1nc2cccc(C(=O)NCc3ccccc3)c2o1. The van der Waals surface area contributed by atoms with Crippen molar-refractivity contribution in [2.75, 3.05) is 19.0 Å². The van der Waals surface area contributed by atoms with Gasteiger partial charge in [-0.25, -0.2) is 0 Å². The molecule has 0 spiro atoms. The van der Waals surface area contributed by atoms with E-state index in [0.29, 0.717) is 29.2 Å². The number of nitrogens with one attached hydrogen (secondary N) is 1. The van der Waals surface area contributed by atoms with Crippen LogP contribution in [0.15, 0.2) is 52.9 Å². The van der Waals surface area contributed by atoms with Crippen LogP contribution in [0.25, 0.3) is 11.1 Å². The third-order valence-electron chi connectivity index (χ3n) is 3.33. The van der Waals surface area contributed by atoms with Crippen molar-refractivity contribution in [3.63, 3.8) is 0 Å². The maximum Gasteiger partial charge on any atom is 0.297 e. The minimum Gasteiger partial charge on any atom is -0.423 e. The Bertz CT molecular complexity index is 794. The van der Waals surface area contributed by atoms with Crippen molar-refractivity contribution >= 4 is 23.0 Å². The van der Waals surface area contributed by atoms with E-state index in [0.717, 1.165) is 5.56 Å². The number of carbonyl (C=O) groups is 1. The zero-order valence-corrected chi connectivity index (χ0v) is 12.5. The smallest absolute Gasteiger partial charge is 0.297 e. The number of nitrogens with zero attached hydrogens (tertiary/aromatic N) is 2. The summed E-state index contributed by atoms with van der Waals surface area (Å²) in [5.41, 5.74) is 2.73. The van der Waals surface area contributed by atoms with Crippen LogP contribution in [0.1, 0.15) is 15.9 Å². The first-order chi connectivity index (χ1) is 10.6. The third-order valence-corrected chi connectivity index (χ3v) is 3.33. The molecule has 3 aromatic rings. The highest BCUT2D eigenvalue weighted by Crippen LogP contribution is 2.23. The Kier molecular flexibility index (Phi) is 3.78. The lowest BCUT2D eigenvalue weighted by atomic mass is 10.1. The summed E-state index contributed by atoms with van der Waals surface area (Å²) in [4.78, 5) is 18.5. The summed E-state index contributed by atoms with van der Waals surface area (Å²) >= 11 is 0. The standard InChI is InChI=1S/C17H17N3O2/c1-20(2)17-19-14-10-6-9-13(15(14)22-17)16(21)18-11-12-7-4-3-5-8-12/h3-10H,11H2,1-2H3,(H,18,21). The molecule has 1 aromatic heterocycles. The molecule has 0 atom stereocenters. The molecule has 0 saturated carbocycles. The molecule has 1 N–H and O–H groups in total. The molecule has 5 nitrogen and oxygen atoms in total. The second-order valence-electron chi connectivity index (χ2n) is 5.21. The molecule has 0 unspecified atom stereocenters. The molecule has 0 bridgehead atoms. The van der Waals surface area contributed by atoms with E-state index >= 15 is 0 Å². The summed E-state index contributed by atoms with van der Waals surface area (Å²) in [6.45, 7) is 0.477. The number of carbonyl (C=O) groups excluding carboxylic acids is 1. The molecule has 5 heteroatoms. The van der Waals surface area contributed by atoms with Crippen LogP contribution in [0.5, 0.6) is 0 Å². The van der Waals surface area contributed by atoms with Gasteiger partial charge < -0.3 is 14.6 Å². The Balaban J connectivity index is 1.84. The van der Waals surface area contributed by atoms with Crippen LogP contribution >= 0.6 is 0 Å². The number of amides is 1. The predicted octanol–water partition coefficient (Wildman–Crippen LogP) is 2.82. The summed E-state index contributed by atoms with van der Waals surface area (Å²) < 4.78 is 5.69. The van der Waals surface area contributed by atoms with Gasteiger partial charge in [-0.15, -0.1) is 0 Å². The van der Waals surface area contributed by atoms with E-state index in [1.165, 1.54) is 0 Å². The van der Waals surface area contributed by atoms with Crippen LogP contribution in [0.4, 0.5) is 6.01 Å². The van der Waals surface area contributed by atoms with E-state index in [1.807, 2.05) is 56.6 Å². The first-order valence-electron chi connectivity index (χ1n) is 7.04. The number of aromatic nitrogens is 1. The van der Waals surface area contributed by atoms with Gasteiger partial charge in [0.25, 0.3) is 11.9 Å². The van der Waals surface area contributed by atoms with Gasteiger partial charge in [-0.2, -0.15) is 4.98 Å². The van der Waals surface area contributed by atoms with Crippen molar-refractivity contribution in [3.8, 4) is 0 Å². The van der Waals surface area contributed by atoms with Gasteiger partial charge in [0.05, 0.1) is 5.56 Å². The molecule has 0 fully saturated rings. The number of rotatable bonds is 4. The van der Waals surface area contributed by atoms with Gasteiger partial charge >= 0.3 is 0 Å². The average Bonchev–Trinajstić information content (AvgIpc) is 2.98. The second kappa shape index (κ2) is 5.89. The van der Waals surface area contributed by atoms with Crippen LogP contribution in [0.3, 0.4) is 0 Å². The molecule has 22 heavy (non-hydrogen) atoms. The van der Waals surface area contributed by atoms with E-state index in [2.05, 4.69) is 10.3 Å². The Morgan fingerprint density at radius 1 is 1.14 bits per heavy atom. The topological polar surface area (TPSA) is 58.4 Å². The molecule has 112 valence electrons. The summed E-state index contributed by atoms with van der Waals surface area (Å²) in [6, 6.07) is 15.7. The Morgan fingerprint density at radius 2 is 1.91 bits per heavy atom. The quantitative estimate of drug-likeness (QED) is 0.804. The highest BCUT2D eigenvalue weighted by atomic mass is 16.4. The molecule has 0 aliphatic carbocycles. The molecule has 0 saturated heterocycles. The first-order valence-corrected chi connectivity index (χ1v) is 7.04. The number of anilines is 1. The molecule has 0 aliphatic heterocycles. The van der Waals surface area contributed by atoms with Crippen LogP contribution < -0.4 is 10.2 Å².